The van der Waals surface area contributed by atoms with E-state index in [4.69, 9.17) is 4.74 Å². The lowest BCUT2D eigenvalue weighted by atomic mass is 10.1. The first kappa shape index (κ1) is 12.8. The smallest absolute Gasteiger partial charge is 0.324 e. The Morgan fingerprint density at radius 2 is 2.17 bits per heavy atom. The van der Waals surface area contributed by atoms with Crippen molar-refractivity contribution < 1.29 is 9.53 Å². The van der Waals surface area contributed by atoms with Crippen molar-refractivity contribution in [2.24, 2.45) is 0 Å². The summed E-state index contributed by atoms with van der Waals surface area (Å²) in [4.78, 5) is 11.5. The van der Waals surface area contributed by atoms with Crippen LogP contribution in [0, 0.1) is 0 Å². The Morgan fingerprint density at radius 1 is 1.39 bits per heavy atom. The van der Waals surface area contributed by atoms with E-state index in [1.54, 1.807) is 0 Å². The fraction of sp³-hybridized carbons (Fsp3) is 0.357. The Bertz CT molecular complexity index is 417. The van der Waals surface area contributed by atoms with Gasteiger partial charge in [-0.25, -0.2) is 5.43 Å². The molecule has 96 valence electrons. The minimum Gasteiger partial charge on any atom is -0.465 e. The van der Waals surface area contributed by atoms with Gasteiger partial charge in [0.25, 0.3) is 0 Å². The molecule has 2 N–H and O–H groups in total. The van der Waals surface area contributed by atoms with Crippen LogP contribution in [0.15, 0.2) is 36.4 Å². The first-order valence-corrected chi connectivity index (χ1v) is 6.20. The highest BCUT2D eigenvalue weighted by atomic mass is 16.5. The SMILES string of the molecule is CCOC(=O)C1CC(C=Cc2ccccc2)NN1. The molecule has 1 aliphatic rings. The molecule has 0 bridgehead atoms. The monoisotopic (exact) mass is 246 g/mol. The van der Waals surface area contributed by atoms with Crippen LogP contribution in [0.25, 0.3) is 6.08 Å². The molecule has 4 nitrogen and oxygen atoms in total. The number of hydrazine groups is 1. The van der Waals surface area contributed by atoms with Crippen LogP contribution in [0.5, 0.6) is 0 Å². The molecule has 1 fully saturated rings. The summed E-state index contributed by atoms with van der Waals surface area (Å²) in [6, 6.07) is 9.98. The lowest BCUT2D eigenvalue weighted by Gasteiger charge is -2.06. The fourth-order valence-electron chi connectivity index (χ4n) is 1.90. The van der Waals surface area contributed by atoms with Gasteiger partial charge in [0, 0.05) is 6.04 Å². The number of hydrogen-bond acceptors (Lipinski definition) is 4. The van der Waals surface area contributed by atoms with E-state index in [0.717, 1.165) is 5.56 Å². The lowest BCUT2D eigenvalue weighted by Crippen LogP contribution is -2.38. The molecule has 0 aliphatic carbocycles. The van der Waals surface area contributed by atoms with Crippen molar-refractivity contribution in [2.75, 3.05) is 6.61 Å². The van der Waals surface area contributed by atoms with Gasteiger partial charge in [-0.3, -0.25) is 10.2 Å². The van der Waals surface area contributed by atoms with E-state index in [1.165, 1.54) is 0 Å². The van der Waals surface area contributed by atoms with Crippen LogP contribution >= 0.6 is 0 Å². The van der Waals surface area contributed by atoms with Gasteiger partial charge in [0.2, 0.25) is 0 Å². The maximum atomic E-state index is 11.5. The molecule has 0 spiro atoms. The Balaban J connectivity index is 1.86. The third-order valence-electron chi connectivity index (χ3n) is 2.82. The van der Waals surface area contributed by atoms with Crippen molar-refractivity contribution in [3.05, 3.63) is 42.0 Å². The minimum absolute atomic E-state index is 0.152. The summed E-state index contributed by atoms with van der Waals surface area (Å²) in [5.74, 6) is -0.194. The van der Waals surface area contributed by atoms with Crippen molar-refractivity contribution in [3.8, 4) is 0 Å². The number of nitrogens with one attached hydrogen (secondary N) is 2. The van der Waals surface area contributed by atoms with Crippen LogP contribution in [0.3, 0.4) is 0 Å². The topological polar surface area (TPSA) is 50.4 Å². The summed E-state index contributed by atoms with van der Waals surface area (Å²) in [5, 5.41) is 0. The van der Waals surface area contributed by atoms with Gasteiger partial charge >= 0.3 is 5.97 Å². The first-order valence-electron chi connectivity index (χ1n) is 6.20. The second-order valence-electron chi connectivity index (χ2n) is 4.21. The highest BCUT2D eigenvalue weighted by molar-refractivity contribution is 5.76. The Kier molecular flexibility index (Phi) is 4.50. The van der Waals surface area contributed by atoms with Gasteiger partial charge in [0.05, 0.1) is 6.61 Å². The average molecular weight is 246 g/mol. The maximum Gasteiger partial charge on any atom is 0.324 e. The van der Waals surface area contributed by atoms with Crippen molar-refractivity contribution in [1.29, 1.82) is 0 Å². The zero-order valence-corrected chi connectivity index (χ0v) is 10.4. The second-order valence-corrected chi connectivity index (χ2v) is 4.21. The zero-order chi connectivity index (χ0) is 12.8. The molecule has 4 heteroatoms. The van der Waals surface area contributed by atoms with Crippen molar-refractivity contribution in [2.45, 2.75) is 25.4 Å². The summed E-state index contributed by atoms with van der Waals surface area (Å²) in [6.45, 7) is 2.23. The number of benzene rings is 1. The van der Waals surface area contributed by atoms with Gasteiger partial charge in [-0.15, -0.1) is 0 Å². The van der Waals surface area contributed by atoms with E-state index in [-0.39, 0.29) is 18.1 Å². The molecule has 0 saturated carbocycles. The molecule has 0 radical (unpaired) electrons. The number of carbonyl (C=O) groups excluding carboxylic acids is 1. The molecule has 1 saturated heterocycles. The predicted molar refractivity (Wildman–Crippen MR) is 70.6 cm³/mol. The van der Waals surface area contributed by atoms with E-state index in [1.807, 2.05) is 43.3 Å². The van der Waals surface area contributed by atoms with Crippen LogP contribution in [-0.2, 0) is 9.53 Å². The van der Waals surface area contributed by atoms with E-state index in [9.17, 15) is 4.79 Å². The Hall–Kier alpha value is -1.65. The van der Waals surface area contributed by atoms with Gasteiger partial charge < -0.3 is 4.74 Å². The number of ether oxygens (including phenoxy) is 1. The van der Waals surface area contributed by atoms with E-state index < -0.39 is 0 Å². The molecule has 18 heavy (non-hydrogen) atoms. The molecular formula is C14H18N2O2. The van der Waals surface area contributed by atoms with Crippen LogP contribution in [0.4, 0.5) is 0 Å². The highest BCUT2D eigenvalue weighted by Gasteiger charge is 2.28. The summed E-state index contributed by atoms with van der Waals surface area (Å²) in [6.07, 6.45) is 4.82. The third-order valence-corrected chi connectivity index (χ3v) is 2.82. The van der Waals surface area contributed by atoms with Gasteiger partial charge in [-0.1, -0.05) is 42.5 Å². The van der Waals surface area contributed by atoms with E-state index in [0.29, 0.717) is 13.0 Å². The summed E-state index contributed by atoms with van der Waals surface area (Å²) in [7, 11) is 0. The van der Waals surface area contributed by atoms with Crippen LogP contribution in [0.1, 0.15) is 18.9 Å². The first-order chi connectivity index (χ1) is 8.79. The third kappa shape index (κ3) is 3.42. The molecule has 1 aromatic rings. The molecule has 2 atom stereocenters. The molecule has 0 aromatic heterocycles. The molecule has 0 amide bonds. The molecule has 1 aromatic carbocycles. The standard InChI is InChI=1S/C14H18N2O2/c1-2-18-14(17)13-10-12(15-16-13)9-8-11-6-4-3-5-7-11/h3-9,12-13,15-16H,2,10H2,1H3. The minimum atomic E-state index is -0.254. The molecule has 2 rings (SSSR count). The normalized spacial score (nSPS) is 23.4. The highest BCUT2D eigenvalue weighted by Crippen LogP contribution is 2.10. The van der Waals surface area contributed by atoms with Crippen LogP contribution < -0.4 is 10.9 Å². The largest absolute Gasteiger partial charge is 0.465 e. The summed E-state index contributed by atoms with van der Waals surface area (Å²) < 4.78 is 4.97. The molecule has 1 heterocycles. The predicted octanol–water partition coefficient (Wildman–Crippen LogP) is 1.50. The number of esters is 1. The van der Waals surface area contributed by atoms with Crippen LogP contribution in [0.2, 0.25) is 0 Å². The van der Waals surface area contributed by atoms with E-state index >= 15 is 0 Å². The molecule has 1 aliphatic heterocycles. The number of hydrogen-bond donors (Lipinski definition) is 2. The fourth-order valence-corrected chi connectivity index (χ4v) is 1.90. The molecule has 2 unspecified atom stereocenters. The van der Waals surface area contributed by atoms with Crippen molar-refractivity contribution in [3.63, 3.8) is 0 Å². The second kappa shape index (κ2) is 6.33. The van der Waals surface area contributed by atoms with Gasteiger partial charge in [-0.05, 0) is 18.9 Å². The van der Waals surface area contributed by atoms with Crippen molar-refractivity contribution in [1.82, 2.24) is 10.9 Å². The average Bonchev–Trinajstić information content (AvgIpc) is 2.87. The van der Waals surface area contributed by atoms with Gasteiger partial charge in [0.15, 0.2) is 0 Å². The van der Waals surface area contributed by atoms with Crippen LogP contribution in [-0.4, -0.2) is 24.7 Å². The Morgan fingerprint density at radius 3 is 2.89 bits per heavy atom. The van der Waals surface area contributed by atoms with Crippen molar-refractivity contribution >= 4 is 12.0 Å². The summed E-state index contributed by atoms with van der Waals surface area (Å²) >= 11 is 0. The quantitative estimate of drug-likeness (QED) is 0.790. The van der Waals surface area contributed by atoms with Gasteiger partial charge in [-0.2, -0.15) is 0 Å². The number of carbonyl (C=O) groups is 1. The molecular weight excluding hydrogens is 228 g/mol. The van der Waals surface area contributed by atoms with E-state index in [2.05, 4.69) is 16.9 Å². The maximum absolute atomic E-state index is 11.5. The zero-order valence-electron chi connectivity index (χ0n) is 10.4. The summed E-state index contributed by atoms with van der Waals surface area (Å²) in [5.41, 5.74) is 7.18. The number of rotatable bonds is 4. The van der Waals surface area contributed by atoms with Gasteiger partial charge in [0.1, 0.15) is 6.04 Å². The lowest BCUT2D eigenvalue weighted by molar-refractivity contribution is -0.145. The Labute approximate surface area is 107 Å².